The number of benzene rings is 1. The average molecular weight is 391 g/mol. The lowest BCUT2D eigenvalue weighted by Gasteiger charge is -2.37. The molecule has 2 amide bonds. The van der Waals surface area contributed by atoms with E-state index < -0.39 is 17.4 Å². The SMILES string of the molecule is O=C(O)CC1(NC(=O)C2=NN(Cc3ccc(F)cc3)C(=O)CC2)CCOCC1. The number of aliphatic carboxylic acids is 1. The highest BCUT2D eigenvalue weighted by Crippen LogP contribution is 2.25. The Balaban J connectivity index is 1.73. The number of nitrogens with one attached hydrogen (secondary N) is 1. The molecule has 28 heavy (non-hydrogen) atoms. The molecule has 0 spiro atoms. The molecule has 0 saturated carbocycles. The molecule has 0 unspecified atom stereocenters. The van der Waals surface area contributed by atoms with Gasteiger partial charge in [-0.3, -0.25) is 14.4 Å². The van der Waals surface area contributed by atoms with Crippen molar-refractivity contribution in [3.63, 3.8) is 0 Å². The van der Waals surface area contributed by atoms with Gasteiger partial charge in [-0.2, -0.15) is 5.10 Å². The Labute approximate surface area is 161 Å². The van der Waals surface area contributed by atoms with E-state index in [1.165, 1.54) is 17.1 Å². The summed E-state index contributed by atoms with van der Waals surface area (Å²) in [5.74, 6) is -2.08. The summed E-state index contributed by atoms with van der Waals surface area (Å²) in [6.45, 7) is 0.869. The molecule has 8 nitrogen and oxygen atoms in total. The van der Waals surface area contributed by atoms with Crippen LogP contribution in [0.2, 0.25) is 0 Å². The van der Waals surface area contributed by atoms with Gasteiger partial charge in [-0.25, -0.2) is 9.40 Å². The number of amides is 2. The first-order valence-corrected chi connectivity index (χ1v) is 9.11. The molecule has 150 valence electrons. The Morgan fingerprint density at radius 2 is 1.89 bits per heavy atom. The molecule has 1 saturated heterocycles. The van der Waals surface area contributed by atoms with E-state index in [2.05, 4.69) is 10.4 Å². The maximum Gasteiger partial charge on any atom is 0.305 e. The van der Waals surface area contributed by atoms with E-state index in [9.17, 15) is 23.9 Å². The van der Waals surface area contributed by atoms with Crippen molar-refractivity contribution < 1.29 is 28.6 Å². The maximum atomic E-state index is 13.0. The molecule has 0 atom stereocenters. The van der Waals surface area contributed by atoms with Crippen molar-refractivity contribution >= 4 is 23.5 Å². The van der Waals surface area contributed by atoms with Crippen LogP contribution in [-0.4, -0.2) is 52.4 Å². The second-order valence-electron chi connectivity index (χ2n) is 7.04. The predicted molar refractivity (Wildman–Crippen MR) is 96.8 cm³/mol. The molecule has 0 radical (unpaired) electrons. The summed E-state index contributed by atoms with van der Waals surface area (Å²) in [5.41, 5.74) is -0.0164. The van der Waals surface area contributed by atoms with Crippen LogP contribution in [-0.2, 0) is 25.7 Å². The molecule has 2 heterocycles. The third kappa shape index (κ3) is 4.92. The highest BCUT2D eigenvalue weighted by molar-refractivity contribution is 6.39. The molecule has 0 aromatic heterocycles. The first kappa shape index (κ1) is 19.9. The van der Waals surface area contributed by atoms with Gasteiger partial charge in [0.2, 0.25) is 5.91 Å². The van der Waals surface area contributed by atoms with Crippen LogP contribution >= 0.6 is 0 Å². The number of hydrogen-bond donors (Lipinski definition) is 2. The number of nitrogens with zero attached hydrogens (tertiary/aromatic N) is 2. The lowest BCUT2D eigenvalue weighted by molar-refractivity contribution is -0.140. The molecule has 2 aliphatic heterocycles. The minimum absolute atomic E-state index is 0.127. The topological polar surface area (TPSA) is 108 Å². The van der Waals surface area contributed by atoms with Crippen LogP contribution in [0.4, 0.5) is 4.39 Å². The fraction of sp³-hybridized carbons (Fsp3) is 0.474. The molecule has 2 aliphatic rings. The number of hydrogen-bond acceptors (Lipinski definition) is 5. The van der Waals surface area contributed by atoms with E-state index in [1.54, 1.807) is 12.1 Å². The Bertz CT molecular complexity index is 787. The summed E-state index contributed by atoms with van der Waals surface area (Å²) in [6, 6.07) is 5.69. The summed E-state index contributed by atoms with van der Waals surface area (Å²) in [6.07, 6.45) is 0.910. The van der Waals surface area contributed by atoms with Crippen LogP contribution in [0.15, 0.2) is 29.4 Å². The van der Waals surface area contributed by atoms with Crippen molar-refractivity contribution in [2.45, 2.75) is 44.2 Å². The zero-order valence-electron chi connectivity index (χ0n) is 15.3. The molecule has 9 heteroatoms. The van der Waals surface area contributed by atoms with Gasteiger partial charge in [0.25, 0.3) is 5.91 Å². The molecule has 2 N–H and O–H groups in total. The molecular formula is C19H22FN3O5. The molecular weight excluding hydrogens is 369 g/mol. The van der Waals surface area contributed by atoms with Crippen molar-refractivity contribution in [1.82, 2.24) is 10.3 Å². The van der Waals surface area contributed by atoms with Crippen molar-refractivity contribution in [3.8, 4) is 0 Å². The fourth-order valence-electron chi connectivity index (χ4n) is 3.36. The molecule has 0 aliphatic carbocycles. The third-order valence-corrected chi connectivity index (χ3v) is 4.93. The predicted octanol–water partition coefficient (Wildman–Crippen LogP) is 1.44. The number of halogens is 1. The van der Waals surface area contributed by atoms with Crippen LogP contribution in [0.1, 0.15) is 37.7 Å². The Hall–Kier alpha value is -2.81. The zero-order chi connectivity index (χ0) is 20.1. The van der Waals surface area contributed by atoms with E-state index in [0.29, 0.717) is 31.6 Å². The highest BCUT2D eigenvalue weighted by Gasteiger charge is 2.38. The summed E-state index contributed by atoms with van der Waals surface area (Å²) in [4.78, 5) is 36.1. The first-order valence-electron chi connectivity index (χ1n) is 9.11. The van der Waals surface area contributed by atoms with Crippen molar-refractivity contribution in [2.24, 2.45) is 5.10 Å². The third-order valence-electron chi connectivity index (χ3n) is 4.93. The number of hydrazone groups is 1. The second-order valence-corrected chi connectivity index (χ2v) is 7.04. The number of carboxylic acids is 1. The molecule has 1 aromatic carbocycles. The van der Waals surface area contributed by atoms with Crippen LogP contribution in [0.25, 0.3) is 0 Å². The number of carbonyl (C=O) groups excluding carboxylic acids is 2. The molecule has 1 aromatic rings. The Kier molecular flexibility index (Phi) is 6.03. The van der Waals surface area contributed by atoms with E-state index >= 15 is 0 Å². The largest absolute Gasteiger partial charge is 0.481 e. The van der Waals surface area contributed by atoms with Gasteiger partial charge < -0.3 is 15.2 Å². The normalized spacial score (nSPS) is 19.1. The number of carboxylic acid groups (broad SMARTS) is 1. The summed E-state index contributed by atoms with van der Waals surface area (Å²) in [7, 11) is 0. The number of carbonyl (C=O) groups is 3. The summed E-state index contributed by atoms with van der Waals surface area (Å²) in [5, 5.41) is 17.4. The summed E-state index contributed by atoms with van der Waals surface area (Å²) >= 11 is 0. The Morgan fingerprint density at radius 3 is 2.54 bits per heavy atom. The van der Waals surface area contributed by atoms with E-state index in [1.807, 2.05) is 0 Å². The van der Waals surface area contributed by atoms with Crippen LogP contribution in [0.5, 0.6) is 0 Å². The van der Waals surface area contributed by atoms with Crippen molar-refractivity contribution in [3.05, 3.63) is 35.6 Å². The molecule has 1 fully saturated rings. The van der Waals surface area contributed by atoms with Gasteiger partial charge in [0, 0.05) is 26.1 Å². The van der Waals surface area contributed by atoms with E-state index in [-0.39, 0.29) is 43.2 Å². The average Bonchev–Trinajstić information content (AvgIpc) is 2.65. The van der Waals surface area contributed by atoms with Gasteiger partial charge in [0.05, 0.1) is 18.5 Å². The zero-order valence-corrected chi connectivity index (χ0v) is 15.3. The second kappa shape index (κ2) is 8.47. The van der Waals surface area contributed by atoms with Gasteiger partial charge in [-0.05, 0) is 30.5 Å². The number of rotatable bonds is 6. The number of ether oxygens (including phenoxy) is 1. The lowest BCUT2D eigenvalue weighted by Crippen LogP contribution is -2.55. The quantitative estimate of drug-likeness (QED) is 0.763. The van der Waals surface area contributed by atoms with Crippen molar-refractivity contribution in [2.75, 3.05) is 13.2 Å². The fourth-order valence-corrected chi connectivity index (χ4v) is 3.36. The minimum atomic E-state index is -0.999. The van der Waals surface area contributed by atoms with Crippen LogP contribution in [0, 0.1) is 5.82 Å². The van der Waals surface area contributed by atoms with Gasteiger partial charge in [0.1, 0.15) is 11.5 Å². The first-order chi connectivity index (χ1) is 13.4. The highest BCUT2D eigenvalue weighted by atomic mass is 19.1. The molecule has 3 rings (SSSR count). The standard InChI is InChI=1S/C19H22FN3O5/c20-14-3-1-13(2-4-14)12-23-16(24)6-5-15(22-23)18(27)21-19(11-17(25)26)7-9-28-10-8-19/h1-4H,5-12H2,(H,21,27)(H,25,26). The lowest BCUT2D eigenvalue weighted by atomic mass is 9.86. The Morgan fingerprint density at radius 1 is 1.21 bits per heavy atom. The minimum Gasteiger partial charge on any atom is -0.481 e. The van der Waals surface area contributed by atoms with Gasteiger partial charge in [0.15, 0.2) is 0 Å². The molecule has 0 bridgehead atoms. The van der Waals surface area contributed by atoms with Gasteiger partial charge in [-0.1, -0.05) is 12.1 Å². The van der Waals surface area contributed by atoms with Gasteiger partial charge >= 0.3 is 5.97 Å². The monoisotopic (exact) mass is 391 g/mol. The van der Waals surface area contributed by atoms with Gasteiger partial charge in [-0.15, -0.1) is 0 Å². The maximum absolute atomic E-state index is 13.0. The van der Waals surface area contributed by atoms with Crippen LogP contribution < -0.4 is 5.32 Å². The smallest absolute Gasteiger partial charge is 0.305 e. The van der Waals surface area contributed by atoms with E-state index in [4.69, 9.17) is 4.74 Å². The van der Waals surface area contributed by atoms with Crippen LogP contribution in [0.3, 0.4) is 0 Å². The van der Waals surface area contributed by atoms with Crippen molar-refractivity contribution in [1.29, 1.82) is 0 Å². The summed E-state index contributed by atoms with van der Waals surface area (Å²) < 4.78 is 18.3. The van der Waals surface area contributed by atoms with E-state index in [0.717, 1.165) is 0 Å².